The number of thiazole rings is 1. The van der Waals surface area contributed by atoms with E-state index in [9.17, 15) is 28.8 Å². The molecule has 0 aliphatic carbocycles. The maximum Gasteiger partial charge on any atom is 0.246 e. The van der Waals surface area contributed by atoms with Crippen LogP contribution in [0.1, 0.15) is 113 Å². The number of hydrogen-bond acceptors (Lipinski definition) is 10. The average Bonchev–Trinajstić information content (AvgIpc) is 4.10. The number of carbonyl (C=O) groups is 6. The first-order valence-corrected chi connectivity index (χ1v) is 26.7. The zero-order chi connectivity index (χ0) is 51.1. The summed E-state index contributed by atoms with van der Waals surface area (Å²) < 4.78 is 6.31. The highest BCUT2D eigenvalue weighted by atomic mass is 32.1. The number of hydrogen-bond donors (Lipinski definition) is 4. The maximum absolute atomic E-state index is 14.2. The number of para-hydroxylation sites is 1. The normalized spacial score (nSPS) is 19.5. The average molecular weight is 1000 g/mol. The molecule has 5 atom stereocenters. The summed E-state index contributed by atoms with van der Waals surface area (Å²) >= 11 is 1.60. The number of nitrogens with two attached hydrogens (primary N) is 1. The number of carbonyl (C=O) groups excluding carboxylic acids is 6. The Morgan fingerprint density at radius 2 is 1.56 bits per heavy atom. The number of aryl methyl sites for hydroxylation is 2. The number of likely N-dealkylation sites (tertiary alicyclic amines) is 2. The SMILES string of the molecule is Cc1ncsc1-c1ccc(CNC(=O)[C@@H]2CCCN2C(=O)[C@@H](NC(=O)CN2CCC(Cc3ccc(CO[C@H](C)[C@H](CCC(N)=O)NC(=O)[C@@H]4Cc5cccc6c5N4C(=O)CCC6)cc3)CC2)C(C)(C)C)cc1. The molecule has 0 bridgehead atoms. The van der Waals surface area contributed by atoms with Gasteiger partial charge in [0.1, 0.15) is 18.1 Å². The second kappa shape index (κ2) is 23.3. The van der Waals surface area contributed by atoms with Crippen molar-refractivity contribution in [3.05, 3.63) is 106 Å². The van der Waals surface area contributed by atoms with E-state index in [1.54, 1.807) is 21.1 Å². The van der Waals surface area contributed by atoms with Crippen LogP contribution in [0.3, 0.4) is 0 Å². The van der Waals surface area contributed by atoms with E-state index in [0.29, 0.717) is 51.3 Å². The van der Waals surface area contributed by atoms with Crippen LogP contribution >= 0.6 is 11.3 Å². The van der Waals surface area contributed by atoms with E-state index in [-0.39, 0.29) is 42.5 Å². The van der Waals surface area contributed by atoms with E-state index < -0.39 is 41.6 Å². The fraction of sp³-hybridized carbons (Fsp3) is 0.518. The van der Waals surface area contributed by atoms with Gasteiger partial charge in [-0.2, -0.15) is 0 Å². The van der Waals surface area contributed by atoms with Gasteiger partial charge in [0, 0.05) is 32.4 Å². The molecule has 384 valence electrons. The Morgan fingerprint density at radius 1 is 0.847 bits per heavy atom. The number of anilines is 1. The highest BCUT2D eigenvalue weighted by molar-refractivity contribution is 7.13. The molecule has 2 fully saturated rings. The van der Waals surface area contributed by atoms with Crippen LogP contribution in [0.4, 0.5) is 5.69 Å². The Balaban J connectivity index is 0.771. The number of primary amides is 1. The van der Waals surface area contributed by atoms with Crippen molar-refractivity contribution in [1.82, 2.24) is 30.7 Å². The molecule has 72 heavy (non-hydrogen) atoms. The van der Waals surface area contributed by atoms with Gasteiger partial charge < -0.3 is 31.3 Å². The van der Waals surface area contributed by atoms with Gasteiger partial charge in [0.25, 0.3) is 0 Å². The van der Waals surface area contributed by atoms with E-state index in [1.165, 1.54) is 5.56 Å². The fourth-order valence-electron chi connectivity index (χ4n) is 10.8. The Kier molecular flexibility index (Phi) is 16.9. The summed E-state index contributed by atoms with van der Waals surface area (Å²) in [5.41, 5.74) is 15.0. The smallest absolute Gasteiger partial charge is 0.246 e. The molecular formula is C56H72N8O7S. The first kappa shape index (κ1) is 52.4. The molecule has 5 N–H and O–H groups in total. The number of amides is 6. The molecule has 0 unspecified atom stereocenters. The third-order valence-corrected chi connectivity index (χ3v) is 16.0. The number of ether oxygens (including phenoxy) is 1. The monoisotopic (exact) mass is 1000 g/mol. The van der Waals surface area contributed by atoms with Gasteiger partial charge in [-0.05, 0) is 123 Å². The van der Waals surface area contributed by atoms with Gasteiger partial charge in [-0.15, -0.1) is 11.3 Å². The number of nitrogens with zero attached hydrogens (tertiary/aromatic N) is 4. The van der Waals surface area contributed by atoms with Crippen molar-refractivity contribution in [1.29, 1.82) is 0 Å². The lowest BCUT2D eigenvalue weighted by Gasteiger charge is -2.36. The molecule has 8 rings (SSSR count). The summed E-state index contributed by atoms with van der Waals surface area (Å²) in [6.07, 6.45) is 6.44. The van der Waals surface area contributed by atoms with Gasteiger partial charge in [-0.3, -0.25) is 38.6 Å². The van der Waals surface area contributed by atoms with Crippen LogP contribution in [-0.2, 0) is 65.9 Å². The lowest BCUT2D eigenvalue weighted by Crippen LogP contribution is -2.58. The van der Waals surface area contributed by atoms with Crippen molar-refractivity contribution in [2.45, 2.75) is 149 Å². The van der Waals surface area contributed by atoms with Crippen LogP contribution in [0, 0.1) is 18.3 Å². The molecule has 0 saturated carbocycles. The molecule has 16 heteroatoms. The highest BCUT2D eigenvalue weighted by Gasteiger charge is 2.43. The van der Waals surface area contributed by atoms with Crippen LogP contribution in [0.5, 0.6) is 0 Å². The zero-order valence-electron chi connectivity index (χ0n) is 42.5. The Morgan fingerprint density at radius 3 is 2.25 bits per heavy atom. The summed E-state index contributed by atoms with van der Waals surface area (Å²) in [6, 6.07) is 20.0. The van der Waals surface area contributed by atoms with E-state index in [4.69, 9.17) is 10.5 Å². The minimum atomic E-state index is -0.781. The first-order chi connectivity index (χ1) is 34.5. The third kappa shape index (κ3) is 12.8. The van der Waals surface area contributed by atoms with Crippen LogP contribution in [-0.4, -0.2) is 107 Å². The molecule has 4 aliphatic heterocycles. The van der Waals surface area contributed by atoms with Crippen molar-refractivity contribution < 1.29 is 33.5 Å². The van der Waals surface area contributed by atoms with Gasteiger partial charge in [0.15, 0.2) is 0 Å². The van der Waals surface area contributed by atoms with Crippen LogP contribution in [0.2, 0.25) is 0 Å². The minimum Gasteiger partial charge on any atom is -0.372 e. The van der Waals surface area contributed by atoms with E-state index in [1.807, 2.05) is 82.6 Å². The number of piperidine rings is 1. The standard InChI is InChI=1S/C56H72N8O7S/c1-35-51(72-34-59-35)42-20-18-39(19-21-42)31-58-53(68)45-12-8-26-63(45)55(70)52(56(3,4)5)61-48(66)32-62-27-24-38(25-28-62)29-37-14-16-40(17-15-37)33-71-36(2)44(22-23-47(57)65)60-54(69)46-30-43-11-6-9-41-10-7-13-49(67)64(46)50(41)43/h6,9,11,14-21,34,36,38,44-46,52H,7-8,10,12-13,22-33H2,1-5H3,(H2,57,65)(H,58,68)(H,60,69)(H,61,66)/t36-,44+,45+,46+,52-/m1/s1. The van der Waals surface area contributed by atoms with E-state index >= 15 is 0 Å². The molecule has 4 aliphatic rings. The number of benzene rings is 3. The zero-order valence-corrected chi connectivity index (χ0v) is 43.4. The fourth-order valence-corrected chi connectivity index (χ4v) is 11.6. The quantitative estimate of drug-likeness (QED) is 0.0851. The molecule has 0 spiro atoms. The molecule has 2 saturated heterocycles. The molecule has 15 nitrogen and oxygen atoms in total. The molecule has 0 radical (unpaired) electrons. The molecule has 3 aromatic carbocycles. The van der Waals surface area contributed by atoms with Crippen LogP contribution in [0.25, 0.3) is 10.4 Å². The topological polar surface area (TPSA) is 196 Å². The minimum absolute atomic E-state index is 0.0411. The summed E-state index contributed by atoms with van der Waals surface area (Å²) in [5, 5.41) is 9.26. The van der Waals surface area contributed by atoms with Crippen molar-refractivity contribution in [3.63, 3.8) is 0 Å². The third-order valence-electron chi connectivity index (χ3n) is 15.0. The first-order valence-electron chi connectivity index (χ1n) is 25.8. The predicted octanol–water partition coefficient (Wildman–Crippen LogP) is 6.16. The largest absolute Gasteiger partial charge is 0.372 e. The van der Waals surface area contributed by atoms with Crippen LogP contribution in [0.15, 0.2) is 72.2 Å². The lowest BCUT2D eigenvalue weighted by molar-refractivity contribution is -0.144. The number of rotatable bonds is 19. The van der Waals surface area contributed by atoms with Crippen molar-refractivity contribution in [3.8, 4) is 10.4 Å². The second-order valence-corrected chi connectivity index (χ2v) is 22.2. The Hall–Kier alpha value is -5.97. The molecule has 6 amide bonds. The second-order valence-electron chi connectivity index (χ2n) is 21.4. The molecular weight excluding hydrogens is 929 g/mol. The predicted molar refractivity (Wildman–Crippen MR) is 279 cm³/mol. The summed E-state index contributed by atoms with van der Waals surface area (Å²) in [7, 11) is 0. The van der Waals surface area contributed by atoms with Gasteiger partial charge in [-0.1, -0.05) is 87.5 Å². The molecule has 4 aromatic rings. The molecule has 5 heterocycles. The van der Waals surface area contributed by atoms with E-state index in [0.717, 1.165) is 95.7 Å². The van der Waals surface area contributed by atoms with Crippen molar-refractivity contribution >= 4 is 52.5 Å². The Bertz CT molecular complexity index is 2590. The van der Waals surface area contributed by atoms with Crippen molar-refractivity contribution in [2.24, 2.45) is 17.1 Å². The van der Waals surface area contributed by atoms with E-state index in [2.05, 4.69) is 50.1 Å². The summed E-state index contributed by atoms with van der Waals surface area (Å²) in [5.74, 6) is -0.905. The van der Waals surface area contributed by atoms with Gasteiger partial charge >= 0.3 is 0 Å². The van der Waals surface area contributed by atoms with Gasteiger partial charge in [0.2, 0.25) is 35.4 Å². The highest BCUT2D eigenvalue weighted by Crippen LogP contribution is 2.39. The van der Waals surface area contributed by atoms with Crippen molar-refractivity contribution in [2.75, 3.05) is 31.1 Å². The number of nitrogens with one attached hydrogen (secondary N) is 3. The van der Waals surface area contributed by atoms with Gasteiger partial charge in [0.05, 0.1) is 47.1 Å². The summed E-state index contributed by atoms with van der Waals surface area (Å²) in [6.45, 7) is 12.6. The Labute approximate surface area is 428 Å². The number of aromatic nitrogens is 1. The molecule has 1 aromatic heterocycles. The van der Waals surface area contributed by atoms with Crippen LogP contribution < -0.4 is 26.6 Å². The maximum atomic E-state index is 14.2. The lowest BCUT2D eigenvalue weighted by atomic mass is 9.85. The summed E-state index contributed by atoms with van der Waals surface area (Å²) in [4.78, 5) is 91.3. The van der Waals surface area contributed by atoms with Gasteiger partial charge in [-0.25, -0.2) is 4.98 Å².